The summed E-state index contributed by atoms with van der Waals surface area (Å²) >= 11 is 6.13. The molecule has 0 N–H and O–H groups in total. The van der Waals surface area contributed by atoms with E-state index in [-0.39, 0.29) is 0 Å². The average molecular weight is 286 g/mol. The fourth-order valence-electron chi connectivity index (χ4n) is 3.04. The highest BCUT2D eigenvalue weighted by Gasteiger charge is 2.16. The van der Waals surface area contributed by atoms with Crippen molar-refractivity contribution in [2.75, 3.05) is 18.0 Å². The van der Waals surface area contributed by atoms with Gasteiger partial charge in [0.1, 0.15) is 0 Å². The normalized spacial score (nSPS) is 14.8. The van der Waals surface area contributed by atoms with Gasteiger partial charge >= 0.3 is 0 Å². The second kappa shape index (κ2) is 5.88. The van der Waals surface area contributed by atoms with E-state index >= 15 is 0 Å². The summed E-state index contributed by atoms with van der Waals surface area (Å²) in [6.07, 6.45) is 2.23. The Morgan fingerprint density at radius 1 is 1.00 bits per heavy atom. The largest absolute Gasteiger partial charge is 0.371 e. The minimum atomic E-state index is 0.584. The maximum Gasteiger partial charge on any atom is 0.0494 e. The van der Waals surface area contributed by atoms with Crippen LogP contribution in [-0.2, 0) is 18.7 Å². The lowest BCUT2D eigenvalue weighted by Crippen LogP contribution is -2.26. The van der Waals surface area contributed by atoms with Gasteiger partial charge in [0.25, 0.3) is 0 Å². The van der Waals surface area contributed by atoms with E-state index < -0.39 is 0 Å². The molecule has 0 spiro atoms. The maximum absolute atomic E-state index is 6.13. The highest BCUT2D eigenvalue weighted by molar-refractivity contribution is 6.17. The third-order valence-corrected chi connectivity index (χ3v) is 4.43. The summed E-state index contributed by atoms with van der Waals surface area (Å²) in [5, 5.41) is 0. The number of fused-ring (bicyclic) bond motifs is 1. The lowest BCUT2D eigenvalue weighted by Gasteiger charge is -2.25. The van der Waals surface area contributed by atoms with Crippen LogP contribution in [0.15, 0.2) is 42.5 Å². The molecule has 0 bridgehead atoms. The van der Waals surface area contributed by atoms with Crippen LogP contribution in [0.4, 0.5) is 5.69 Å². The fraction of sp³-hybridized carbons (Fsp3) is 0.333. The van der Waals surface area contributed by atoms with E-state index in [4.69, 9.17) is 11.6 Å². The third kappa shape index (κ3) is 2.69. The van der Waals surface area contributed by atoms with E-state index in [0.717, 1.165) is 25.9 Å². The topological polar surface area (TPSA) is 3.24 Å². The molecule has 0 amide bonds. The molecule has 0 fully saturated rings. The Balaban J connectivity index is 1.87. The van der Waals surface area contributed by atoms with Crippen LogP contribution in [-0.4, -0.2) is 13.1 Å². The highest BCUT2D eigenvalue weighted by atomic mass is 35.5. The number of hydrogen-bond donors (Lipinski definition) is 0. The molecular weight excluding hydrogens is 266 g/mol. The van der Waals surface area contributed by atoms with Crippen LogP contribution in [0.25, 0.3) is 0 Å². The van der Waals surface area contributed by atoms with Gasteiger partial charge in [0.2, 0.25) is 0 Å². The van der Waals surface area contributed by atoms with Crippen LogP contribution < -0.4 is 4.90 Å². The van der Waals surface area contributed by atoms with Gasteiger partial charge in [-0.25, -0.2) is 0 Å². The molecule has 0 atom stereocenters. The quantitative estimate of drug-likeness (QED) is 0.742. The number of nitrogens with zero attached hydrogens (tertiary/aromatic N) is 1. The van der Waals surface area contributed by atoms with Crippen molar-refractivity contribution in [3.63, 3.8) is 0 Å². The predicted molar refractivity (Wildman–Crippen MR) is 86.8 cm³/mol. The number of rotatable bonds is 2. The molecule has 1 heterocycles. The molecule has 0 aliphatic carbocycles. The van der Waals surface area contributed by atoms with Crippen molar-refractivity contribution < 1.29 is 0 Å². The Morgan fingerprint density at radius 2 is 1.65 bits per heavy atom. The van der Waals surface area contributed by atoms with Crippen LogP contribution in [0.5, 0.6) is 0 Å². The smallest absolute Gasteiger partial charge is 0.0494 e. The molecule has 0 saturated carbocycles. The molecule has 0 saturated heterocycles. The number of benzene rings is 2. The maximum atomic E-state index is 6.13. The zero-order valence-corrected chi connectivity index (χ0v) is 12.7. The standard InChI is InChI=1S/C18H20ClN/c1-14-6-7-18(17(12-14)13-19)20-10-8-15-4-2-3-5-16(15)9-11-20/h2-7,12H,8-11,13H2,1H3. The zero-order valence-electron chi connectivity index (χ0n) is 11.9. The van der Waals surface area contributed by atoms with Crippen molar-refractivity contribution in [2.45, 2.75) is 25.6 Å². The van der Waals surface area contributed by atoms with E-state index in [2.05, 4.69) is 54.3 Å². The molecule has 2 aromatic carbocycles. The summed E-state index contributed by atoms with van der Waals surface area (Å²) in [5.41, 5.74) is 6.82. The van der Waals surface area contributed by atoms with Gasteiger partial charge in [0.05, 0.1) is 0 Å². The Hall–Kier alpha value is -1.47. The summed E-state index contributed by atoms with van der Waals surface area (Å²) in [5.74, 6) is 0.584. The molecule has 1 aliphatic rings. The van der Waals surface area contributed by atoms with Gasteiger partial charge in [0.15, 0.2) is 0 Å². The Morgan fingerprint density at radius 3 is 2.25 bits per heavy atom. The molecule has 0 unspecified atom stereocenters. The van der Waals surface area contributed by atoms with Crippen molar-refractivity contribution in [1.82, 2.24) is 0 Å². The van der Waals surface area contributed by atoms with Gasteiger partial charge < -0.3 is 4.90 Å². The van der Waals surface area contributed by atoms with E-state index in [1.54, 1.807) is 0 Å². The molecule has 20 heavy (non-hydrogen) atoms. The molecule has 2 aromatic rings. The zero-order chi connectivity index (χ0) is 13.9. The van der Waals surface area contributed by atoms with Gasteiger partial charge in [-0.3, -0.25) is 0 Å². The van der Waals surface area contributed by atoms with Crippen molar-refractivity contribution in [3.05, 3.63) is 64.7 Å². The van der Waals surface area contributed by atoms with Crippen molar-refractivity contribution in [1.29, 1.82) is 0 Å². The number of alkyl halides is 1. The third-order valence-electron chi connectivity index (χ3n) is 4.14. The Labute approximate surface area is 126 Å². The minimum Gasteiger partial charge on any atom is -0.371 e. The molecule has 0 radical (unpaired) electrons. The highest BCUT2D eigenvalue weighted by Crippen LogP contribution is 2.26. The summed E-state index contributed by atoms with van der Waals surface area (Å²) in [6, 6.07) is 15.4. The second-order valence-corrected chi connectivity index (χ2v) is 5.79. The van der Waals surface area contributed by atoms with Crippen molar-refractivity contribution in [2.24, 2.45) is 0 Å². The Bertz CT molecular complexity index is 579. The van der Waals surface area contributed by atoms with E-state index in [9.17, 15) is 0 Å². The van der Waals surface area contributed by atoms with Gasteiger partial charge in [-0.1, -0.05) is 42.0 Å². The SMILES string of the molecule is Cc1ccc(N2CCc3ccccc3CC2)c(CCl)c1. The number of anilines is 1. The van der Waals surface area contributed by atoms with Crippen molar-refractivity contribution in [3.8, 4) is 0 Å². The fourth-order valence-corrected chi connectivity index (χ4v) is 3.25. The second-order valence-electron chi connectivity index (χ2n) is 5.52. The first-order chi connectivity index (χ1) is 9.78. The molecule has 0 aromatic heterocycles. The number of halogens is 1. The lowest BCUT2D eigenvalue weighted by atomic mass is 10.0. The molecule has 1 aliphatic heterocycles. The predicted octanol–water partition coefficient (Wildman–Crippen LogP) is 4.34. The Kier molecular flexibility index (Phi) is 3.98. The summed E-state index contributed by atoms with van der Waals surface area (Å²) < 4.78 is 0. The molecule has 104 valence electrons. The van der Waals surface area contributed by atoms with Crippen LogP contribution in [0, 0.1) is 6.92 Å². The van der Waals surface area contributed by atoms with Gasteiger partial charge in [0, 0.05) is 24.7 Å². The first-order valence-corrected chi connectivity index (χ1v) is 7.78. The lowest BCUT2D eigenvalue weighted by molar-refractivity contribution is 0.801. The van der Waals surface area contributed by atoms with Gasteiger partial charge in [-0.15, -0.1) is 11.6 Å². The van der Waals surface area contributed by atoms with Crippen LogP contribution in [0.3, 0.4) is 0 Å². The van der Waals surface area contributed by atoms with E-state index in [1.807, 2.05) is 0 Å². The van der Waals surface area contributed by atoms with Crippen LogP contribution in [0.2, 0.25) is 0 Å². The molecule has 3 rings (SSSR count). The van der Waals surface area contributed by atoms with Gasteiger partial charge in [-0.2, -0.15) is 0 Å². The first-order valence-electron chi connectivity index (χ1n) is 7.25. The first kappa shape index (κ1) is 13.5. The summed E-state index contributed by atoms with van der Waals surface area (Å²) in [4.78, 5) is 2.48. The van der Waals surface area contributed by atoms with Crippen molar-refractivity contribution >= 4 is 17.3 Å². The summed E-state index contributed by atoms with van der Waals surface area (Å²) in [6.45, 7) is 4.27. The summed E-state index contributed by atoms with van der Waals surface area (Å²) in [7, 11) is 0. The molecule has 2 heteroatoms. The minimum absolute atomic E-state index is 0.584. The number of aryl methyl sites for hydroxylation is 1. The van der Waals surface area contributed by atoms with E-state index in [0.29, 0.717) is 5.88 Å². The average Bonchev–Trinajstić information content (AvgIpc) is 2.70. The number of hydrogen-bond acceptors (Lipinski definition) is 1. The van der Waals surface area contributed by atoms with E-state index in [1.165, 1.54) is 27.9 Å². The van der Waals surface area contributed by atoms with Gasteiger partial charge in [-0.05, 0) is 42.5 Å². The monoisotopic (exact) mass is 285 g/mol. The molecular formula is C18H20ClN. The molecule has 1 nitrogen and oxygen atoms in total. The van der Waals surface area contributed by atoms with Crippen LogP contribution >= 0.6 is 11.6 Å². The van der Waals surface area contributed by atoms with Crippen LogP contribution in [0.1, 0.15) is 22.3 Å².